The Hall–Kier alpha value is -1.73. The van der Waals surface area contributed by atoms with Crippen molar-refractivity contribution in [2.45, 2.75) is 33.3 Å². The van der Waals surface area contributed by atoms with Crippen molar-refractivity contribution in [1.29, 1.82) is 0 Å². The zero-order chi connectivity index (χ0) is 13.5. The Kier molecular flexibility index (Phi) is 5.47. The van der Waals surface area contributed by atoms with Crippen LogP contribution in [0.15, 0.2) is 0 Å². The van der Waals surface area contributed by atoms with E-state index in [1.165, 1.54) is 0 Å². The molecule has 0 aliphatic rings. The summed E-state index contributed by atoms with van der Waals surface area (Å²) in [6.07, 6.45) is -2.58. The van der Waals surface area contributed by atoms with Crippen LogP contribution in [0.4, 0.5) is 20.7 Å². The summed E-state index contributed by atoms with van der Waals surface area (Å²) < 4.78 is 29.5. The molecule has 6 nitrogen and oxygen atoms in total. The number of ether oxygens (including phenoxy) is 1. The van der Waals surface area contributed by atoms with E-state index in [2.05, 4.69) is 25.6 Å². The maximum Gasteiger partial charge on any atom is 0.323 e. The standard InChI is InChI=1S/C10H17F2N5O/c1-4-13-8-15-9(14-5-7(11)12)17-10(16-8)18-6(2)3/h6-7H,4-5H2,1-3H3,(H2,13,14,15,16,17). The molecule has 0 unspecified atom stereocenters. The van der Waals surface area contributed by atoms with Gasteiger partial charge < -0.3 is 15.4 Å². The van der Waals surface area contributed by atoms with Gasteiger partial charge in [-0.05, 0) is 20.8 Å². The molecule has 0 bridgehead atoms. The smallest absolute Gasteiger partial charge is 0.323 e. The van der Waals surface area contributed by atoms with Gasteiger partial charge in [-0.25, -0.2) is 8.78 Å². The summed E-state index contributed by atoms with van der Waals surface area (Å²) in [5.41, 5.74) is 0. The molecule has 18 heavy (non-hydrogen) atoms. The second-order valence-corrected chi connectivity index (χ2v) is 3.73. The van der Waals surface area contributed by atoms with Gasteiger partial charge in [0.05, 0.1) is 12.6 Å². The lowest BCUT2D eigenvalue weighted by molar-refractivity contribution is 0.163. The minimum atomic E-state index is -2.47. The molecule has 0 saturated carbocycles. The molecule has 1 aromatic heterocycles. The van der Waals surface area contributed by atoms with E-state index in [-0.39, 0.29) is 18.1 Å². The molecular formula is C10H17F2N5O. The van der Waals surface area contributed by atoms with Crippen LogP contribution in [0.1, 0.15) is 20.8 Å². The summed E-state index contributed by atoms with van der Waals surface area (Å²) in [7, 11) is 0. The monoisotopic (exact) mass is 261 g/mol. The molecule has 1 rings (SSSR count). The molecular weight excluding hydrogens is 244 g/mol. The van der Waals surface area contributed by atoms with Gasteiger partial charge in [0.1, 0.15) is 0 Å². The minimum Gasteiger partial charge on any atom is -0.461 e. The second kappa shape index (κ2) is 6.87. The topological polar surface area (TPSA) is 72.0 Å². The number of alkyl halides is 2. The molecule has 0 spiro atoms. The fourth-order valence-electron chi connectivity index (χ4n) is 1.10. The first-order valence-electron chi connectivity index (χ1n) is 5.70. The van der Waals surface area contributed by atoms with Gasteiger partial charge in [0.15, 0.2) is 0 Å². The van der Waals surface area contributed by atoms with E-state index in [9.17, 15) is 8.78 Å². The van der Waals surface area contributed by atoms with Crippen LogP contribution in [-0.4, -0.2) is 40.6 Å². The number of anilines is 2. The first-order valence-corrected chi connectivity index (χ1v) is 5.70. The van der Waals surface area contributed by atoms with Crippen molar-refractivity contribution in [2.75, 3.05) is 23.7 Å². The first-order chi connectivity index (χ1) is 8.51. The van der Waals surface area contributed by atoms with E-state index < -0.39 is 13.0 Å². The van der Waals surface area contributed by atoms with E-state index in [1.807, 2.05) is 20.8 Å². The van der Waals surface area contributed by atoms with Gasteiger partial charge >= 0.3 is 6.01 Å². The maximum atomic E-state index is 12.1. The molecule has 0 saturated heterocycles. The molecule has 0 aliphatic carbocycles. The predicted octanol–water partition coefficient (Wildman–Crippen LogP) is 1.77. The van der Waals surface area contributed by atoms with Gasteiger partial charge in [0, 0.05) is 6.54 Å². The Labute approximate surface area is 104 Å². The summed E-state index contributed by atoms with van der Waals surface area (Å²) in [4.78, 5) is 11.9. The van der Waals surface area contributed by atoms with Crippen molar-refractivity contribution < 1.29 is 13.5 Å². The van der Waals surface area contributed by atoms with Crippen molar-refractivity contribution >= 4 is 11.9 Å². The normalized spacial score (nSPS) is 10.8. The molecule has 102 valence electrons. The highest BCUT2D eigenvalue weighted by Crippen LogP contribution is 2.12. The van der Waals surface area contributed by atoms with Crippen molar-refractivity contribution in [1.82, 2.24) is 15.0 Å². The number of halogens is 2. The van der Waals surface area contributed by atoms with Gasteiger partial charge in [-0.2, -0.15) is 15.0 Å². The average molecular weight is 261 g/mol. The predicted molar refractivity (Wildman–Crippen MR) is 64.2 cm³/mol. The third-order valence-electron chi connectivity index (χ3n) is 1.71. The molecule has 1 heterocycles. The summed E-state index contributed by atoms with van der Waals surface area (Å²) in [6.45, 7) is 5.61. The van der Waals surface area contributed by atoms with Crippen LogP contribution in [0.2, 0.25) is 0 Å². The van der Waals surface area contributed by atoms with Crippen LogP contribution < -0.4 is 15.4 Å². The Bertz CT molecular complexity index is 375. The van der Waals surface area contributed by atoms with Crippen LogP contribution in [0.3, 0.4) is 0 Å². The number of rotatable bonds is 7. The Morgan fingerprint density at radius 1 is 1.11 bits per heavy atom. The minimum absolute atomic E-state index is 0.0666. The fourth-order valence-corrected chi connectivity index (χ4v) is 1.10. The van der Waals surface area contributed by atoms with E-state index in [0.29, 0.717) is 12.5 Å². The lowest BCUT2D eigenvalue weighted by Gasteiger charge is -2.11. The quantitative estimate of drug-likeness (QED) is 0.779. The summed E-state index contributed by atoms with van der Waals surface area (Å²) in [5, 5.41) is 5.30. The van der Waals surface area contributed by atoms with Crippen LogP contribution in [0.25, 0.3) is 0 Å². The molecule has 0 aromatic carbocycles. The van der Waals surface area contributed by atoms with Crippen LogP contribution >= 0.6 is 0 Å². The number of hydrogen-bond acceptors (Lipinski definition) is 6. The molecule has 0 amide bonds. The number of hydrogen-bond donors (Lipinski definition) is 2. The van der Waals surface area contributed by atoms with Crippen molar-refractivity contribution in [3.8, 4) is 6.01 Å². The Balaban J connectivity index is 2.83. The third-order valence-corrected chi connectivity index (χ3v) is 1.71. The van der Waals surface area contributed by atoms with Crippen molar-refractivity contribution in [3.05, 3.63) is 0 Å². The summed E-state index contributed by atoms with van der Waals surface area (Å²) in [5.74, 6) is 0.358. The summed E-state index contributed by atoms with van der Waals surface area (Å²) in [6, 6.07) is 0.104. The van der Waals surface area contributed by atoms with Crippen LogP contribution in [-0.2, 0) is 0 Å². The zero-order valence-electron chi connectivity index (χ0n) is 10.6. The summed E-state index contributed by atoms with van der Waals surface area (Å²) >= 11 is 0. The zero-order valence-corrected chi connectivity index (χ0v) is 10.6. The first kappa shape index (κ1) is 14.3. The van der Waals surface area contributed by atoms with Gasteiger partial charge in [-0.3, -0.25) is 0 Å². The number of aromatic nitrogens is 3. The molecule has 2 N–H and O–H groups in total. The third kappa shape index (κ3) is 5.07. The van der Waals surface area contributed by atoms with Gasteiger partial charge in [0.25, 0.3) is 6.43 Å². The lowest BCUT2D eigenvalue weighted by Crippen LogP contribution is -2.16. The van der Waals surface area contributed by atoms with E-state index in [0.717, 1.165) is 0 Å². The Morgan fingerprint density at radius 3 is 2.22 bits per heavy atom. The molecule has 0 fully saturated rings. The highest BCUT2D eigenvalue weighted by molar-refractivity contribution is 5.35. The average Bonchev–Trinajstić information content (AvgIpc) is 2.25. The van der Waals surface area contributed by atoms with E-state index >= 15 is 0 Å². The van der Waals surface area contributed by atoms with Gasteiger partial charge in [0.2, 0.25) is 11.9 Å². The highest BCUT2D eigenvalue weighted by Gasteiger charge is 2.10. The van der Waals surface area contributed by atoms with Crippen molar-refractivity contribution in [3.63, 3.8) is 0 Å². The van der Waals surface area contributed by atoms with E-state index in [4.69, 9.17) is 4.74 Å². The fraction of sp³-hybridized carbons (Fsp3) is 0.700. The molecule has 8 heteroatoms. The largest absolute Gasteiger partial charge is 0.461 e. The second-order valence-electron chi connectivity index (χ2n) is 3.73. The SMILES string of the molecule is CCNc1nc(NCC(F)F)nc(OC(C)C)n1. The highest BCUT2D eigenvalue weighted by atomic mass is 19.3. The maximum absolute atomic E-state index is 12.1. The lowest BCUT2D eigenvalue weighted by atomic mass is 10.5. The molecule has 0 radical (unpaired) electrons. The van der Waals surface area contributed by atoms with Crippen LogP contribution in [0.5, 0.6) is 6.01 Å². The molecule has 0 aliphatic heterocycles. The number of nitrogens with zero attached hydrogens (tertiary/aromatic N) is 3. The van der Waals surface area contributed by atoms with Crippen LogP contribution in [0, 0.1) is 0 Å². The number of nitrogens with one attached hydrogen (secondary N) is 2. The van der Waals surface area contributed by atoms with Gasteiger partial charge in [-0.1, -0.05) is 0 Å². The molecule has 1 aromatic rings. The van der Waals surface area contributed by atoms with E-state index in [1.54, 1.807) is 0 Å². The molecule has 0 atom stereocenters. The van der Waals surface area contributed by atoms with Gasteiger partial charge in [-0.15, -0.1) is 0 Å². The Morgan fingerprint density at radius 2 is 1.72 bits per heavy atom. The van der Waals surface area contributed by atoms with Crippen molar-refractivity contribution in [2.24, 2.45) is 0 Å².